The summed E-state index contributed by atoms with van der Waals surface area (Å²) in [5.74, 6) is -0.896. The molecule has 0 bridgehead atoms. The van der Waals surface area contributed by atoms with Crippen molar-refractivity contribution in [3.63, 3.8) is 0 Å². The molecule has 12 nitrogen and oxygen atoms in total. The van der Waals surface area contributed by atoms with E-state index in [1.165, 1.54) is 11.0 Å². The number of urea groups is 1. The summed E-state index contributed by atoms with van der Waals surface area (Å²) in [6.45, 7) is 6.07. The smallest absolute Gasteiger partial charge is 0.326 e. The number of aromatic nitrogens is 2. The van der Waals surface area contributed by atoms with Gasteiger partial charge < -0.3 is 20.7 Å². The van der Waals surface area contributed by atoms with E-state index in [1.807, 2.05) is 32.9 Å². The second-order valence-corrected chi connectivity index (χ2v) is 11.8. The number of carbonyl (C=O) groups is 4. The van der Waals surface area contributed by atoms with Crippen molar-refractivity contribution in [1.29, 1.82) is 0 Å². The van der Waals surface area contributed by atoms with Crippen LogP contribution in [0, 0.1) is 0 Å². The summed E-state index contributed by atoms with van der Waals surface area (Å²) in [5.41, 5.74) is 6.74. The zero-order chi connectivity index (χ0) is 30.9. The van der Waals surface area contributed by atoms with Crippen LogP contribution in [0.1, 0.15) is 66.3 Å². The summed E-state index contributed by atoms with van der Waals surface area (Å²) in [7, 11) is 0. The molecule has 5 rings (SSSR count). The molecule has 13 heteroatoms. The molecule has 43 heavy (non-hydrogen) atoms. The van der Waals surface area contributed by atoms with Crippen LogP contribution in [0.3, 0.4) is 0 Å². The fourth-order valence-corrected chi connectivity index (χ4v) is 5.25. The van der Waals surface area contributed by atoms with E-state index in [0.717, 1.165) is 11.1 Å². The Balaban J connectivity index is 1.69. The number of carbonyl (C=O) groups excluding carboxylic acids is 4. The standard InChI is InChI=1S/C30H32ClN7O5/c1-30(2,3)43-23-12-18(22(39)13-24(32)40)6-9-21(23)28-36-26(19-14-34-35-15-19)27(17-4-7-20(31)8-5-17)38(28)29(42)37-11-10-33-25(41)16-37/h4-9,12,14-15,26-27H,10-11,13,16H2,1-3H3,(H2,32,40)(H,33,41)(H,34,35)/t26-,27+/m0/s1. The predicted octanol–water partition coefficient (Wildman–Crippen LogP) is 3.40. The third-order valence-electron chi connectivity index (χ3n) is 6.95. The number of amides is 4. The largest absolute Gasteiger partial charge is 0.487 e. The molecule has 0 radical (unpaired) electrons. The number of halogens is 1. The predicted molar refractivity (Wildman–Crippen MR) is 159 cm³/mol. The van der Waals surface area contributed by atoms with Crippen molar-refractivity contribution in [3.05, 3.63) is 82.1 Å². The number of H-pyrrole nitrogens is 1. The highest BCUT2D eigenvalue weighted by atomic mass is 35.5. The number of hydrogen-bond acceptors (Lipinski definition) is 7. The molecule has 2 aliphatic rings. The lowest BCUT2D eigenvalue weighted by atomic mass is 9.95. The maximum absolute atomic E-state index is 14.4. The first-order valence-electron chi connectivity index (χ1n) is 13.7. The van der Waals surface area contributed by atoms with Crippen LogP contribution >= 0.6 is 11.6 Å². The summed E-state index contributed by atoms with van der Waals surface area (Å²) >= 11 is 6.22. The van der Waals surface area contributed by atoms with E-state index >= 15 is 0 Å². The highest BCUT2D eigenvalue weighted by Crippen LogP contribution is 2.45. The molecule has 0 unspecified atom stereocenters. The number of nitrogens with zero attached hydrogens (tertiary/aromatic N) is 4. The van der Waals surface area contributed by atoms with Gasteiger partial charge in [-0.05, 0) is 50.6 Å². The van der Waals surface area contributed by atoms with E-state index < -0.39 is 41.8 Å². The van der Waals surface area contributed by atoms with Crippen LogP contribution in [0.5, 0.6) is 5.75 Å². The normalized spacial score (nSPS) is 18.7. The number of aliphatic imine (C=N–C) groups is 1. The first-order valence-corrected chi connectivity index (χ1v) is 14.1. The number of nitrogens with one attached hydrogen (secondary N) is 2. The number of amidine groups is 1. The molecule has 2 atom stereocenters. The monoisotopic (exact) mass is 605 g/mol. The average Bonchev–Trinajstić information content (AvgIpc) is 3.60. The molecule has 224 valence electrons. The van der Waals surface area contributed by atoms with Gasteiger partial charge in [-0.3, -0.25) is 29.4 Å². The van der Waals surface area contributed by atoms with Gasteiger partial charge in [-0.2, -0.15) is 5.10 Å². The first-order chi connectivity index (χ1) is 20.4. The highest BCUT2D eigenvalue weighted by Gasteiger charge is 2.45. The van der Waals surface area contributed by atoms with Gasteiger partial charge in [-0.15, -0.1) is 0 Å². The van der Waals surface area contributed by atoms with E-state index in [2.05, 4.69) is 15.5 Å². The molecular formula is C30H32ClN7O5. The molecular weight excluding hydrogens is 574 g/mol. The lowest BCUT2D eigenvalue weighted by Crippen LogP contribution is -2.55. The quantitative estimate of drug-likeness (QED) is 0.276. The molecule has 4 amide bonds. The number of piperazine rings is 1. The SMILES string of the molecule is CC(C)(C)Oc1cc(C(=O)CC(N)=O)ccc1C1=N[C@@H](c2cn[nH]c2)[C@@H](c2ccc(Cl)cc2)N1C(=O)N1CCNC(=O)C1. The third kappa shape index (κ3) is 6.54. The number of ketones is 1. The van der Waals surface area contributed by atoms with Crippen molar-refractivity contribution in [2.75, 3.05) is 19.6 Å². The Morgan fingerprint density at radius 3 is 2.49 bits per heavy atom. The van der Waals surface area contributed by atoms with Gasteiger partial charge in [0.05, 0.1) is 24.2 Å². The molecule has 3 aromatic rings. The Labute approximate surface area is 253 Å². The Bertz CT molecular complexity index is 1580. The Hall–Kier alpha value is -4.71. The van der Waals surface area contributed by atoms with Gasteiger partial charge in [0.25, 0.3) is 0 Å². The molecule has 0 spiro atoms. The molecule has 0 saturated carbocycles. The number of aromatic amines is 1. The minimum absolute atomic E-state index is 0.113. The maximum Gasteiger partial charge on any atom is 0.326 e. The van der Waals surface area contributed by atoms with Gasteiger partial charge in [0, 0.05) is 35.4 Å². The molecule has 0 aliphatic carbocycles. The fourth-order valence-electron chi connectivity index (χ4n) is 5.13. The van der Waals surface area contributed by atoms with Crippen LogP contribution < -0.4 is 15.8 Å². The third-order valence-corrected chi connectivity index (χ3v) is 7.20. The van der Waals surface area contributed by atoms with Crippen LogP contribution in [0.2, 0.25) is 5.02 Å². The molecule has 1 saturated heterocycles. The Morgan fingerprint density at radius 1 is 1.12 bits per heavy atom. The van der Waals surface area contributed by atoms with Crippen LogP contribution in [0.4, 0.5) is 4.79 Å². The van der Waals surface area contributed by atoms with Gasteiger partial charge >= 0.3 is 6.03 Å². The van der Waals surface area contributed by atoms with Gasteiger partial charge in [0.15, 0.2) is 5.78 Å². The maximum atomic E-state index is 14.4. The van der Waals surface area contributed by atoms with Crippen LogP contribution in [0.25, 0.3) is 0 Å². The van der Waals surface area contributed by atoms with Crippen molar-refractivity contribution in [3.8, 4) is 5.75 Å². The summed E-state index contributed by atoms with van der Waals surface area (Å²) in [4.78, 5) is 59.0. The summed E-state index contributed by atoms with van der Waals surface area (Å²) in [5, 5.41) is 10.2. The summed E-state index contributed by atoms with van der Waals surface area (Å²) in [6, 6.07) is 10.2. The van der Waals surface area contributed by atoms with Crippen molar-refractivity contribution in [1.82, 2.24) is 25.3 Å². The van der Waals surface area contributed by atoms with Gasteiger partial charge in [0.1, 0.15) is 29.8 Å². The molecule has 1 fully saturated rings. The minimum Gasteiger partial charge on any atom is -0.487 e. The second-order valence-electron chi connectivity index (χ2n) is 11.3. The second kappa shape index (κ2) is 11.9. The summed E-state index contributed by atoms with van der Waals surface area (Å²) < 4.78 is 6.31. The molecule has 1 aromatic heterocycles. The average molecular weight is 606 g/mol. The number of Topliss-reactive ketones (excluding diaryl/α,β-unsaturated/α-hetero) is 1. The van der Waals surface area contributed by atoms with Crippen LogP contribution in [-0.4, -0.2) is 74.7 Å². The number of rotatable bonds is 7. The topological polar surface area (TPSA) is 163 Å². The summed E-state index contributed by atoms with van der Waals surface area (Å²) in [6.07, 6.45) is 2.91. The number of primary amides is 1. The Morgan fingerprint density at radius 2 is 1.86 bits per heavy atom. The van der Waals surface area contributed by atoms with Crippen molar-refractivity contribution in [2.24, 2.45) is 10.7 Å². The molecule has 4 N–H and O–H groups in total. The molecule has 3 heterocycles. The zero-order valence-electron chi connectivity index (χ0n) is 24.0. The van der Waals surface area contributed by atoms with Gasteiger partial charge in [-0.25, -0.2) is 4.79 Å². The van der Waals surface area contributed by atoms with Crippen LogP contribution in [-0.2, 0) is 9.59 Å². The number of benzene rings is 2. The zero-order valence-corrected chi connectivity index (χ0v) is 24.7. The first kappa shape index (κ1) is 29.8. The van der Waals surface area contributed by atoms with Crippen molar-refractivity contribution in [2.45, 2.75) is 44.9 Å². The van der Waals surface area contributed by atoms with E-state index in [4.69, 9.17) is 27.1 Å². The highest BCUT2D eigenvalue weighted by molar-refractivity contribution is 6.30. The minimum atomic E-state index is -0.747. The Kier molecular flexibility index (Phi) is 8.23. The van der Waals surface area contributed by atoms with Gasteiger partial charge in [0.2, 0.25) is 11.8 Å². The fraction of sp³-hybridized carbons (Fsp3) is 0.333. The molecule has 2 aromatic carbocycles. The van der Waals surface area contributed by atoms with Crippen LogP contribution in [0.15, 0.2) is 59.9 Å². The van der Waals surface area contributed by atoms with E-state index in [1.54, 1.807) is 41.6 Å². The lowest BCUT2D eigenvalue weighted by Gasteiger charge is -2.36. The number of nitrogens with two attached hydrogens (primary N) is 1. The van der Waals surface area contributed by atoms with E-state index in [9.17, 15) is 19.2 Å². The van der Waals surface area contributed by atoms with Crippen molar-refractivity contribution >= 4 is 41.1 Å². The van der Waals surface area contributed by atoms with Crippen molar-refractivity contribution < 1.29 is 23.9 Å². The van der Waals surface area contributed by atoms with E-state index in [-0.39, 0.29) is 23.9 Å². The van der Waals surface area contributed by atoms with Gasteiger partial charge in [-0.1, -0.05) is 29.8 Å². The molecule has 2 aliphatic heterocycles. The number of ether oxygens (including phenoxy) is 1. The van der Waals surface area contributed by atoms with E-state index in [0.29, 0.717) is 29.4 Å². The number of hydrogen-bond donors (Lipinski definition) is 3. The lowest BCUT2D eigenvalue weighted by molar-refractivity contribution is -0.123.